The van der Waals surface area contributed by atoms with E-state index in [4.69, 9.17) is 10.5 Å². The van der Waals surface area contributed by atoms with Crippen molar-refractivity contribution in [2.75, 3.05) is 21.2 Å². The number of aromatic hydroxyl groups is 1. The second-order valence-electron chi connectivity index (χ2n) is 9.81. The molecule has 0 bridgehead atoms. The first kappa shape index (κ1) is 24.7. The van der Waals surface area contributed by atoms with Crippen molar-refractivity contribution in [2.24, 2.45) is 29.4 Å². The number of carbonyl (C=O) groups is 5. The summed E-state index contributed by atoms with van der Waals surface area (Å²) in [4.78, 5) is 67.1. The second kappa shape index (κ2) is 8.39. The molecule has 4 N–H and O–H groups in total. The molecule has 0 spiro atoms. The number of nitrogens with zero attached hydrogens (tertiary/aromatic N) is 1. The molecule has 2 saturated carbocycles. The molecule has 6 atom stereocenters. The summed E-state index contributed by atoms with van der Waals surface area (Å²) in [5, 5.41) is 22.1. The summed E-state index contributed by atoms with van der Waals surface area (Å²) < 4.78 is 5.09. The molecule has 3 aliphatic rings. The number of allylic oxidation sites excluding steroid dienone is 1. The van der Waals surface area contributed by atoms with Crippen molar-refractivity contribution < 1.29 is 38.9 Å². The van der Waals surface area contributed by atoms with E-state index in [1.165, 1.54) is 24.3 Å². The van der Waals surface area contributed by atoms with Gasteiger partial charge < -0.3 is 20.7 Å². The van der Waals surface area contributed by atoms with Crippen molar-refractivity contribution in [3.8, 4) is 5.75 Å². The molecule has 186 valence electrons. The summed E-state index contributed by atoms with van der Waals surface area (Å²) in [6, 6.07) is 1.87. The molecule has 0 aromatic heterocycles. The summed E-state index contributed by atoms with van der Waals surface area (Å²) >= 11 is 0. The number of fused-ring (bicyclic) bond motifs is 3. The molecule has 35 heavy (non-hydrogen) atoms. The van der Waals surface area contributed by atoms with Crippen molar-refractivity contribution in [1.82, 2.24) is 4.90 Å². The Bertz CT molecular complexity index is 1200. The first-order valence-corrected chi connectivity index (χ1v) is 11.3. The van der Waals surface area contributed by atoms with Gasteiger partial charge in [0, 0.05) is 5.92 Å². The Kier molecular flexibility index (Phi) is 5.93. The standard InChI is InChI=1S/C25H28N2O8/c1-10(9-35-4)12-5-6-15(28)17-13(12)7-11-8-14-19(27(2)3)21(30)18(24(26)33)23(32)25(14,34)22(31)16(11)20(17)29/h5-6,9,11,14,16,18-19,28,34H,7-8H2,1-4H3,(H2,26,33). The van der Waals surface area contributed by atoms with E-state index < -0.39 is 64.4 Å². The van der Waals surface area contributed by atoms with Crippen LogP contribution in [-0.2, 0) is 30.3 Å². The highest BCUT2D eigenvalue weighted by molar-refractivity contribution is 6.32. The van der Waals surface area contributed by atoms with Gasteiger partial charge in [0.25, 0.3) is 0 Å². The predicted molar refractivity (Wildman–Crippen MR) is 122 cm³/mol. The van der Waals surface area contributed by atoms with E-state index in [9.17, 15) is 34.2 Å². The van der Waals surface area contributed by atoms with Gasteiger partial charge >= 0.3 is 0 Å². The van der Waals surface area contributed by atoms with E-state index in [-0.39, 0.29) is 24.2 Å². The number of hydrogen-bond acceptors (Lipinski definition) is 9. The summed E-state index contributed by atoms with van der Waals surface area (Å²) in [6.07, 6.45) is 1.70. The van der Waals surface area contributed by atoms with Crippen molar-refractivity contribution in [1.29, 1.82) is 0 Å². The molecular formula is C25H28N2O8. The Morgan fingerprint density at radius 2 is 1.86 bits per heavy atom. The number of benzene rings is 1. The maximum absolute atomic E-state index is 13.7. The lowest BCUT2D eigenvalue weighted by atomic mass is 9.52. The molecule has 10 nitrogen and oxygen atoms in total. The van der Waals surface area contributed by atoms with Crippen molar-refractivity contribution in [3.63, 3.8) is 0 Å². The Morgan fingerprint density at radius 1 is 1.20 bits per heavy atom. The summed E-state index contributed by atoms with van der Waals surface area (Å²) in [5.74, 6) is -10.6. The largest absolute Gasteiger partial charge is 0.507 e. The van der Waals surface area contributed by atoms with E-state index in [0.29, 0.717) is 16.7 Å². The Hall–Kier alpha value is -3.37. The SMILES string of the molecule is COC=C(C)c1ccc(O)c2c1CC1CC3C(N(C)C)C(=O)C(C(N)=O)C(=O)C3(O)C(=O)C1C2=O. The van der Waals surface area contributed by atoms with Crippen LogP contribution in [0.5, 0.6) is 5.75 Å². The first-order valence-electron chi connectivity index (χ1n) is 11.3. The molecule has 2 fully saturated rings. The van der Waals surface area contributed by atoms with E-state index >= 15 is 0 Å². The number of methoxy groups -OCH3 is 1. The average Bonchev–Trinajstić information content (AvgIpc) is 2.76. The number of likely N-dealkylation sites (N-methyl/N-ethyl adjacent to an activating group) is 1. The average molecular weight is 485 g/mol. The zero-order valence-electron chi connectivity index (χ0n) is 19.9. The molecule has 3 aliphatic carbocycles. The predicted octanol–water partition coefficient (Wildman–Crippen LogP) is -0.126. The fraction of sp³-hybridized carbons (Fsp3) is 0.480. The fourth-order valence-corrected chi connectivity index (χ4v) is 6.21. The third-order valence-electron chi connectivity index (χ3n) is 7.66. The van der Waals surface area contributed by atoms with Crippen LogP contribution in [0, 0.1) is 23.7 Å². The summed E-state index contributed by atoms with van der Waals surface area (Å²) in [6.45, 7) is 1.78. The van der Waals surface area contributed by atoms with Gasteiger partial charge in [-0.3, -0.25) is 28.9 Å². The Morgan fingerprint density at radius 3 is 2.43 bits per heavy atom. The van der Waals surface area contributed by atoms with Gasteiger partial charge in [-0.15, -0.1) is 0 Å². The van der Waals surface area contributed by atoms with Crippen LogP contribution in [0.3, 0.4) is 0 Å². The van der Waals surface area contributed by atoms with Crippen LogP contribution >= 0.6 is 0 Å². The van der Waals surface area contributed by atoms with E-state index in [2.05, 4.69) is 0 Å². The molecule has 4 rings (SSSR count). The van der Waals surface area contributed by atoms with Crippen LogP contribution < -0.4 is 5.73 Å². The number of Topliss-reactive ketones (excluding diaryl/α,β-unsaturated/α-hetero) is 4. The number of nitrogens with two attached hydrogens (primary N) is 1. The third-order valence-corrected chi connectivity index (χ3v) is 7.66. The third kappa shape index (κ3) is 3.35. The number of phenols is 1. The summed E-state index contributed by atoms with van der Waals surface area (Å²) in [7, 11) is 4.57. The van der Waals surface area contributed by atoms with E-state index in [0.717, 1.165) is 0 Å². The molecular weight excluding hydrogens is 456 g/mol. The Labute approximate surface area is 201 Å². The van der Waals surface area contributed by atoms with Crippen molar-refractivity contribution in [3.05, 3.63) is 35.1 Å². The molecule has 6 unspecified atom stereocenters. The smallest absolute Gasteiger partial charge is 0.235 e. The highest BCUT2D eigenvalue weighted by atomic mass is 16.5. The molecule has 0 radical (unpaired) electrons. The summed E-state index contributed by atoms with van der Waals surface area (Å²) in [5.41, 5.74) is 4.44. The van der Waals surface area contributed by atoms with Crippen LogP contribution in [0.4, 0.5) is 0 Å². The molecule has 0 saturated heterocycles. The van der Waals surface area contributed by atoms with E-state index in [1.807, 2.05) is 0 Å². The number of rotatable bonds is 4. The molecule has 10 heteroatoms. The lowest BCUT2D eigenvalue weighted by molar-refractivity contribution is -0.181. The number of ketones is 4. The maximum atomic E-state index is 13.7. The number of hydrogen-bond donors (Lipinski definition) is 3. The van der Waals surface area contributed by atoms with Gasteiger partial charge in [0.05, 0.1) is 30.9 Å². The monoisotopic (exact) mass is 484 g/mol. The molecule has 0 aliphatic heterocycles. The zero-order valence-corrected chi connectivity index (χ0v) is 19.9. The minimum Gasteiger partial charge on any atom is -0.507 e. The van der Waals surface area contributed by atoms with Crippen molar-refractivity contribution >= 4 is 34.6 Å². The van der Waals surface area contributed by atoms with E-state index in [1.54, 1.807) is 27.1 Å². The van der Waals surface area contributed by atoms with Gasteiger partial charge in [0.2, 0.25) is 5.91 Å². The molecule has 1 aromatic rings. The maximum Gasteiger partial charge on any atom is 0.235 e. The minimum absolute atomic E-state index is 0.00598. The first-order chi connectivity index (χ1) is 16.4. The van der Waals surface area contributed by atoms with Crippen LogP contribution in [-0.4, -0.2) is 77.0 Å². The number of carbonyl (C=O) groups excluding carboxylic acids is 5. The normalized spacial score (nSPS) is 32.7. The van der Waals surface area contributed by atoms with Crippen molar-refractivity contribution in [2.45, 2.75) is 31.4 Å². The molecule has 1 amide bonds. The highest BCUT2D eigenvalue weighted by Gasteiger charge is 2.69. The van der Waals surface area contributed by atoms with Gasteiger partial charge in [0.15, 0.2) is 34.7 Å². The fourth-order valence-electron chi connectivity index (χ4n) is 6.21. The van der Waals surface area contributed by atoms with Gasteiger partial charge in [-0.2, -0.15) is 0 Å². The van der Waals surface area contributed by atoms with Crippen LogP contribution in [0.1, 0.15) is 34.8 Å². The minimum atomic E-state index is -2.73. The highest BCUT2D eigenvalue weighted by Crippen LogP contribution is 2.51. The molecule has 0 heterocycles. The topological polar surface area (TPSA) is 164 Å². The number of primary amides is 1. The second-order valence-corrected chi connectivity index (χ2v) is 9.81. The van der Waals surface area contributed by atoms with Crippen LogP contribution in [0.25, 0.3) is 5.57 Å². The van der Waals surface area contributed by atoms with Gasteiger partial charge in [-0.25, -0.2) is 0 Å². The zero-order chi connectivity index (χ0) is 26.0. The number of amides is 1. The lowest BCUT2D eigenvalue weighted by Crippen LogP contribution is -2.74. The number of phenolic OH excluding ortho intramolecular Hbond substituents is 1. The quantitative estimate of drug-likeness (QED) is 0.390. The number of ether oxygens (including phenoxy) is 1. The van der Waals surface area contributed by atoms with Gasteiger partial charge in [-0.05, 0) is 62.5 Å². The number of aliphatic hydroxyl groups is 1. The Balaban J connectivity index is 1.89. The van der Waals surface area contributed by atoms with Gasteiger partial charge in [-0.1, -0.05) is 6.07 Å². The van der Waals surface area contributed by atoms with Crippen LogP contribution in [0.2, 0.25) is 0 Å². The molecule has 1 aromatic carbocycles. The van der Waals surface area contributed by atoms with Crippen LogP contribution in [0.15, 0.2) is 18.4 Å². The lowest BCUT2D eigenvalue weighted by Gasteiger charge is -2.52. The van der Waals surface area contributed by atoms with Gasteiger partial charge in [0.1, 0.15) is 5.75 Å².